The second kappa shape index (κ2) is 5.07. The summed E-state index contributed by atoms with van der Waals surface area (Å²) in [5.41, 5.74) is 1.82. The van der Waals surface area contributed by atoms with E-state index in [1.54, 1.807) is 11.8 Å². The minimum atomic E-state index is -0.149. The van der Waals surface area contributed by atoms with Gasteiger partial charge in [0.25, 0.3) is 0 Å². The van der Waals surface area contributed by atoms with E-state index < -0.39 is 0 Å². The second-order valence-corrected chi connectivity index (χ2v) is 6.29. The normalized spacial score (nSPS) is 29.3. The van der Waals surface area contributed by atoms with Crippen molar-refractivity contribution in [2.24, 2.45) is 11.8 Å². The first kappa shape index (κ1) is 12.8. The Morgan fingerprint density at radius 2 is 2.21 bits per heavy atom. The van der Waals surface area contributed by atoms with Crippen molar-refractivity contribution in [3.05, 3.63) is 23.8 Å². The Morgan fingerprint density at radius 1 is 1.37 bits per heavy atom. The van der Waals surface area contributed by atoms with Crippen LogP contribution in [0.2, 0.25) is 0 Å². The fourth-order valence-electron chi connectivity index (χ4n) is 3.50. The van der Waals surface area contributed by atoms with Gasteiger partial charge in [-0.05, 0) is 37.1 Å². The van der Waals surface area contributed by atoms with E-state index in [1.165, 1.54) is 0 Å². The van der Waals surface area contributed by atoms with Crippen LogP contribution in [-0.4, -0.2) is 30.6 Å². The number of hydrogen-bond donors (Lipinski definition) is 1. The first-order valence-electron chi connectivity index (χ1n) is 6.74. The molecular formula is C15H18N2OS. The molecule has 1 aromatic rings. The minimum absolute atomic E-state index is 0.149. The van der Waals surface area contributed by atoms with Gasteiger partial charge in [0, 0.05) is 23.9 Å². The number of fused-ring (bicyclic) bond motifs is 1. The Morgan fingerprint density at radius 3 is 2.89 bits per heavy atom. The summed E-state index contributed by atoms with van der Waals surface area (Å²) in [4.78, 5) is 3.33. The summed E-state index contributed by atoms with van der Waals surface area (Å²) in [5, 5.41) is 19.4. The van der Waals surface area contributed by atoms with Crippen LogP contribution in [0.1, 0.15) is 18.4 Å². The summed E-state index contributed by atoms with van der Waals surface area (Å²) in [6, 6.07) is 8.40. The van der Waals surface area contributed by atoms with Crippen molar-refractivity contribution in [2.75, 3.05) is 24.2 Å². The summed E-state index contributed by atoms with van der Waals surface area (Å²) >= 11 is 1.62. The van der Waals surface area contributed by atoms with Crippen LogP contribution >= 0.6 is 11.8 Å². The predicted octanol–water partition coefficient (Wildman–Crippen LogP) is 2.49. The molecule has 4 heteroatoms. The third kappa shape index (κ3) is 2.11. The van der Waals surface area contributed by atoms with E-state index >= 15 is 0 Å². The zero-order valence-electron chi connectivity index (χ0n) is 11.0. The summed E-state index contributed by atoms with van der Waals surface area (Å²) in [6.07, 6.45) is 3.91. The van der Waals surface area contributed by atoms with Crippen molar-refractivity contribution in [3.8, 4) is 6.07 Å². The Kier molecular flexibility index (Phi) is 3.42. The Bertz CT molecular complexity index is 525. The van der Waals surface area contributed by atoms with Crippen LogP contribution in [0.5, 0.6) is 0 Å². The van der Waals surface area contributed by atoms with E-state index in [9.17, 15) is 10.4 Å². The van der Waals surface area contributed by atoms with Crippen LogP contribution in [0.15, 0.2) is 23.1 Å². The zero-order chi connectivity index (χ0) is 13.4. The fourth-order valence-corrected chi connectivity index (χ4v) is 4.07. The lowest BCUT2D eigenvalue weighted by Gasteiger charge is -2.22. The maximum Gasteiger partial charge on any atom is 0.103 e. The number of benzene rings is 1. The van der Waals surface area contributed by atoms with Gasteiger partial charge in [-0.3, -0.25) is 0 Å². The highest BCUT2D eigenvalue weighted by molar-refractivity contribution is 7.98. The van der Waals surface area contributed by atoms with Crippen LogP contribution in [0.4, 0.5) is 5.69 Å². The quantitative estimate of drug-likeness (QED) is 0.842. The highest BCUT2D eigenvalue weighted by Crippen LogP contribution is 2.41. The molecule has 3 atom stereocenters. The molecule has 1 aliphatic carbocycles. The third-order valence-corrected chi connectivity index (χ3v) is 5.28. The first-order valence-corrected chi connectivity index (χ1v) is 7.97. The van der Waals surface area contributed by atoms with Gasteiger partial charge in [0.1, 0.15) is 6.07 Å². The highest BCUT2D eigenvalue weighted by Gasteiger charge is 2.42. The monoisotopic (exact) mass is 274 g/mol. The summed E-state index contributed by atoms with van der Waals surface area (Å²) in [7, 11) is 0. The third-order valence-electron chi connectivity index (χ3n) is 4.50. The summed E-state index contributed by atoms with van der Waals surface area (Å²) < 4.78 is 0. The van der Waals surface area contributed by atoms with Gasteiger partial charge < -0.3 is 10.0 Å². The maximum atomic E-state index is 10.00. The molecule has 1 heterocycles. The standard InChI is InChI=1S/C15H18N2OS/c1-19-15-4-2-3-13(11(15)7-16)17-8-10-5-6-14(18)12(10)9-17/h2-4,10,12,14,18H,5-6,8-9H2,1H3. The van der Waals surface area contributed by atoms with Crippen molar-refractivity contribution in [1.29, 1.82) is 5.26 Å². The first-order chi connectivity index (χ1) is 9.24. The number of nitriles is 1. The Balaban J connectivity index is 1.90. The number of rotatable bonds is 2. The molecule has 1 N–H and O–H groups in total. The van der Waals surface area contributed by atoms with E-state index in [0.29, 0.717) is 11.8 Å². The van der Waals surface area contributed by atoms with E-state index in [1.807, 2.05) is 24.5 Å². The van der Waals surface area contributed by atoms with Gasteiger partial charge in [0.05, 0.1) is 17.4 Å². The molecule has 0 aromatic heterocycles. The van der Waals surface area contributed by atoms with Gasteiger partial charge in [0.15, 0.2) is 0 Å². The molecule has 0 radical (unpaired) electrons. The van der Waals surface area contributed by atoms with Gasteiger partial charge in [-0.1, -0.05) is 6.07 Å². The number of nitrogens with zero attached hydrogens (tertiary/aromatic N) is 2. The number of thioether (sulfide) groups is 1. The van der Waals surface area contributed by atoms with E-state index in [4.69, 9.17) is 0 Å². The molecule has 3 nitrogen and oxygen atoms in total. The molecule has 3 rings (SSSR count). The van der Waals surface area contributed by atoms with Crippen molar-refractivity contribution in [2.45, 2.75) is 23.8 Å². The molecule has 1 aromatic carbocycles. The van der Waals surface area contributed by atoms with Crippen molar-refractivity contribution < 1.29 is 5.11 Å². The lowest BCUT2D eigenvalue weighted by atomic mass is 10.00. The minimum Gasteiger partial charge on any atom is -0.393 e. The predicted molar refractivity (Wildman–Crippen MR) is 77.4 cm³/mol. The largest absolute Gasteiger partial charge is 0.393 e. The van der Waals surface area contributed by atoms with Crippen LogP contribution in [0.3, 0.4) is 0 Å². The van der Waals surface area contributed by atoms with E-state index in [0.717, 1.165) is 42.1 Å². The number of anilines is 1. The number of hydrogen-bond acceptors (Lipinski definition) is 4. The molecule has 0 spiro atoms. The Labute approximate surface area is 118 Å². The topological polar surface area (TPSA) is 47.3 Å². The van der Waals surface area contributed by atoms with E-state index in [-0.39, 0.29) is 6.10 Å². The SMILES string of the molecule is CSc1cccc(N2CC3CCC(O)C3C2)c1C#N. The average molecular weight is 274 g/mol. The molecule has 1 saturated heterocycles. The van der Waals surface area contributed by atoms with Gasteiger partial charge in [-0.2, -0.15) is 5.26 Å². The van der Waals surface area contributed by atoms with Gasteiger partial charge in [0.2, 0.25) is 0 Å². The molecule has 3 unspecified atom stereocenters. The lowest BCUT2D eigenvalue weighted by molar-refractivity contribution is 0.133. The van der Waals surface area contributed by atoms with Crippen molar-refractivity contribution in [1.82, 2.24) is 0 Å². The van der Waals surface area contributed by atoms with Gasteiger partial charge >= 0.3 is 0 Å². The van der Waals surface area contributed by atoms with Crippen LogP contribution in [0.25, 0.3) is 0 Å². The number of aliphatic hydroxyl groups is 1. The van der Waals surface area contributed by atoms with Gasteiger partial charge in [-0.15, -0.1) is 11.8 Å². The molecular weight excluding hydrogens is 256 g/mol. The molecule has 1 aliphatic heterocycles. The van der Waals surface area contributed by atoms with Crippen LogP contribution in [-0.2, 0) is 0 Å². The van der Waals surface area contributed by atoms with E-state index in [2.05, 4.69) is 11.0 Å². The van der Waals surface area contributed by atoms with Gasteiger partial charge in [-0.25, -0.2) is 0 Å². The maximum absolute atomic E-state index is 10.00. The highest BCUT2D eigenvalue weighted by atomic mass is 32.2. The molecule has 1 saturated carbocycles. The smallest absolute Gasteiger partial charge is 0.103 e. The fraction of sp³-hybridized carbons (Fsp3) is 0.533. The molecule has 19 heavy (non-hydrogen) atoms. The molecule has 2 fully saturated rings. The lowest BCUT2D eigenvalue weighted by Crippen LogP contribution is -2.25. The number of aliphatic hydroxyl groups excluding tert-OH is 1. The molecule has 100 valence electrons. The summed E-state index contributed by atoms with van der Waals surface area (Å²) in [5.74, 6) is 0.990. The summed E-state index contributed by atoms with van der Waals surface area (Å²) in [6.45, 7) is 1.87. The average Bonchev–Trinajstić information content (AvgIpc) is 3.00. The second-order valence-electron chi connectivity index (χ2n) is 5.44. The zero-order valence-corrected chi connectivity index (χ0v) is 11.9. The van der Waals surface area contributed by atoms with Crippen LogP contribution in [0, 0.1) is 23.2 Å². The molecule has 2 aliphatic rings. The van der Waals surface area contributed by atoms with Crippen molar-refractivity contribution in [3.63, 3.8) is 0 Å². The van der Waals surface area contributed by atoms with Crippen molar-refractivity contribution >= 4 is 17.4 Å². The Hall–Kier alpha value is -1.18. The molecule has 0 amide bonds. The molecule has 0 bridgehead atoms. The van der Waals surface area contributed by atoms with Crippen LogP contribution < -0.4 is 4.90 Å².